The molecule has 1 aliphatic rings. The summed E-state index contributed by atoms with van der Waals surface area (Å²) in [6.07, 6.45) is -0.0415. The summed E-state index contributed by atoms with van der Waals surface area (Å²) in [6, 6.07) is 8.42. The van der Waals surface area contributed by atoms with Gasteiger partial charge in [0.1, 0.15) is 13.2 Å². The summed E-state index contributed by atoms with van der Waals surface area (Å²) < 4.78 is 16.0. The molecule has 1 aliphatic heterocycles. The van der Waals surface area contributed by atoms with Gasteiger partial charge in [-0.3, -0.25) is 9.59 Å². The zero-order chi connectivity index (χ0) is 21.0. The molecule has 154 valence electrons. The minimum atomic E-state index is -0.547. The van der Waals surface area contributed by atoms with Crippen molar-refractivity contribution in [3.63, 3.8) is 0 Å². The number of rotatable bonds is 6. The van der Waals surface area contributed by atoms with Crippen LogP contribution in [0.2, 0.25) is 15.1 Å². The van der Waals surface area contributed by atoms with E-state index in [-0.39, 0.29) is 18.9 Å². The average Bonchev–Trinajstić information content (AvgIpc) is 2.69. The minimum Gasteiger partial charge on any atom is -0.486 e. The smallest absolute Gasteiger partial charge is 0.310 e. The summed E-state index contributed by atoms with van der Waals surface area (Å²) in [5.74, 6) is 0.0665. The number of carbonyl (C=O) groups excluding carboxylic acids is 2. The Morgan fingerprint density at radius 1 is 1.00 bits per heavy atom. The van der Waals surface area contributed by atoms with E-state index < -0.39 is 5.97 Å². The van der Waals surface area contributed by atoms with Gasteiger partial charge in [-0.2, -0.15) is 0 Å². The van der Waals surface area contributed by atoms with Crippen molar-refractivity contribution in [1.82, 2.24) is 4.90 Å². The van der Waals surface area contributed by atoms with Crippen molar-refractivity contribution in [3.05, 3.63) is 56.5 Å². The first kappa shape index (κ1) is 21.6. The van der Waals surface area contributed by atoms with Crippen LogP contribution < -0.4 is 9.47 Å². The summed E-state index contributed by atoms with van der Waals surface area (Å²) in [7, 11) is 1.61. The van der Waals surface area contributed by atoms with E-state index >= 15 is 0 Å². The third-order valence-corrected chi connectivity index (χ3v) is 5.21. The number of esters is 1. The standard InChI is InChI=1S/C20H18Cl3NO5/c1-24(10-12-2-3-14(21)15(22)6-12)18(25)11-29-19(26)9-13-7-16(23)20-17(8-13)27-4-5-28-20/h2-3,6-8H,4-5,9-11H2,1H3. The fraction of sp³-hybridized carbons (Fsp3) is 0.300. The molecule has 0 atom stereocenters. The van der Waals surface area contributed by atoms with E-state index in [0.717, 1.165) is 5.56 Å². The highest BCUT2D eigenvalue weighted by Gasteiger charge is 2.19. The van der Waals surface area contributed by atoms with Gasteiger partial charge in [0.2, 0.25) is 0 Å². The van der Waals surface area contributed by atoms with Crippen LogP contribution in [-0.4, -0.2) is 43.6 Å². The maximum absolute atomic E-state index is 12.2. The largest absolute Gasteiger partial charge is 0.486 e. The van der Waals surface area contributed by atoms with Gasteiger partial charge in [0, 0.05) is 13.6 Å². The molecule has 6 nitrogen and oxygen atoms in total. The number of hydrogen-bond acceptors (Lipinski definition) is 5. The summed E-state index contributed by atoms with van der Waals surface area (Å²) >= 11 is 18.0. The highest BCUT2D eigenvalue weighted by atomic mass is 35.5. The fourth-order valence-corrected chi connectivity index (χ4v) is 3.34. The minimum absolute atomic E-state index is 0.0415. The molecule has 0 saturated carbocycles. The Balaban J connectivity index is 1.51. The van der Waals surface area contributed by atoms with Gasteiger partial charge < -0.3 is 19.1 Å². The molecule has 0 N–H and O–H groups in total. The molecular formula is C20H18Cl3NO5. The molecule has 1 amide bonds. The molecule has 0 unspecified atom stereocenters. The van der Waals surface area contributed by atoms with Gasteiger partial charge >= 0.3 is 5.97 Å². The van der Waals surface area contributed by atoms with Crippen molar-refractivity contribution in [1.29, 1.82) is 0 Å². The lowest BCUT2D eigenvalue weighted by molar-refractivity contribution is -0.151. The lowest BCUT2D eigenvalue weighted by Crippen LogP contribution is -2.31. The van der Waals surface area contributed by atoms with Gasteiger partial charge in [-0.15, -0.1) is 0 Å². The van der Waals surface area contributed by atoms with Crippen LogP contribution in [0, 0.1) is 0 Å². The summed E-state index contributed by atoms with van der Waals surface area (Å²) in [6.45, 7) is 0.781. The van der Waals surface area contributed by atoms with E-state index in [9.17, 15) is 9.59 Å². The summed E-state index contributed by atoms with van der Waals surface area (Å²) in [5.41, 5.74) is 1.42. The molecule has 0 radical (unpaired) electrons. The second-order valence-corrected chi connectivity index (χ2v) is 7.66. The van der Waals surface area contributed by atoms with Crippen molar-refractivity contribution >= 4 is 46.7 Å². The third kappa shape index (κ3) is 5.69. The van der Waals surface area contributed by atoms with Gasteiger partial charge in [-0.1, -0.05) is 40.9 Å². The first-order valence-corrected chi connectivity index (χ1v) is 9.88. The van der Waals surface area contributed by atoms with Crippen LogP contribution in [0.4, 0.5) is 0 Å². The van der Waals surface area contributed by atoms with E-state index in [1.807, 2.05) is 0 Å². The number of hydrogen-bond donors (Lipinski definition) is 0. The predicted octanol–water partition coefficient (Wildman–Crippen LogP) is 4.16. The first-order valence-electron chi connectivity index (χ1n) is 8.75. The van der Waals surface area contributed by atoms with Crippen LogP contribution in [0.1, 0.15) is 11.1 Å². The van der Waals surface area contributed by atoms with Crippen molar-refractivity contribution < 1.29 is 23.8 Å². The highest BCUT2D eigenvalue weighted by Crippen LogP contribution is 2.38. The Kier molecular flexibility index (Phi) is 7.11. The second kappa shape index (κ2) is 9.57. The molecule has 0 bridgehead atoms. The summed E-state index contributed by atoms with van der Waals surface area (Å²) in [4.78, 5) is 25.8. The van der Waals surface area contributed by atoms with Crippen molar-refractivity contribution in [3.8, 4) is 11.5 Å². The SMILES string of the molecule is CN(Cc1ccc(Cl)c(Cl)c1)C(=O)COC(=O)Cc1cc(Cl)c2c(c1)OCCO2. The Morgan fingerprint density at radius 3 is 2.48 bits per heavy atom. The molecule has 0 saturated heterocycles. The molecule has 0 spiro atoms. The number of fused-ring (bicyclic) bond motifs is 1. The molecule has 3 rings (SSSR count). The van der Waals surface area contributed by atoms with E-state index in [4.69, 9.17) is 49.0 Å². The maximum atomic E-state index is 12.2. The lowest BCUT2D eigenvalue weighted by Gasteiger charge is -2.20. The van der Waals surface area contributed by atoms with Gasteiger partial charge in [-0.25, -0.2) is 0 Å². The molecule has 9 heteroatoms. The number of amides is 1. The number of benzene rings is 2. The lowest BCUT2D eigenvalue weighted by atomic mass is 10.1. The van der Waals surface area contributed by atoms with Crippen LogP contribution in [0.25, 0.3) is 0 Å². The normalized spacial score (nSPS) is 12.4. The Hall–Kier alpha value is -2.15. The molecule has 2 aromatic carbocycles. The van der Waals surface area contributed by atoms with Crippen LogP contribution in [-0.2, 0) is 27.3 Å². The predicted molar refractivity (Wildman–Crippen MR) is 110 cm³/mol. The van der Waals surface area contributed by atoms with Crippen molar-refractivity contribution in [2.45, 2.75) is 13.0 Å². The molecule has 0 aliphatic carbocycles. The number of carbonyl (C=O) groups is 2. The summed E-state index contributed by atoms with van der Waals surface area (Å²) in [5, 5.41) is 1.22. The molecule has 29 heavy (non-hydrogen) atoms. The second-order valence-electron chi connectivity index (χ2n) is 6.44. The molecular weight excluding hydrogens is 441 g/mol. The van der Waals surface area contributed by atoms with Crippen molar-refractivity contribution in [2.75, 3.05) is 26.9 Å². The first-order chi connectivity index (χ1) is 13.8. The molecule has 1 heterocycles. The number of ether oxygens (including phenoxy) is 3. The Bertz CT molecular complexity index is 935. The van der Waals surface area contributed by atoms with E-state index in [2.05, 4.69) is 0 Å². The van der Waals surface area contributed by atoms with Crippen LogP contribution in [0.3, 0.4) is 0 Å². The van der Waals surface area contributed by atoms with E-state index in [1.54, 1.807) is 37.4 Å². The quantitative estimate of drug-likeness (QED) is 0.608. The number of likely N-dealkylation sites (N-methyl/N-ethyl adjacent to an activating group) is 1. The molecule has 0 aromatic heterocycles. The van der Waals surface area contributed by atoms with Gasteiger partial charge in [0.15, 0.2) is 18.1 Å². The van der Waals surface area contributed by atoms with E-state index in [1.165, 1.54) is 4.90 Å². The van der Waals surface area contributed by atoms with Gasteiger partial charge in [0.05, 0.1) is 21.5 Å². The molecule has 0 fully saturated rings. The topological polar surface area (TPSA) is 65.1 Å². The van der Waals surface area contributed by atoms with Crippen LogP contribution in [0.5, 0.6) is 11.5 Å². The average molecular weight is 459 g/mol. The zero-order valence-electron chi connectivity index (χ0n) is 15.5. The maximum Gasteiger partial charge on any atom is 0.310 e. The van der Waals surface area contributed by atoms with E-state index in [0.29, 0.717) is 51.9 Å². The monoisotopic (exact) mass is 457 g/mol. The van der Waals surface area contributed by atoms with Crippen LogP contribution >= 0.6 is 34.8 Å². The number of nitrogens with zero attached hydrogens (tertiary/aromatic N) is 1. The fourth-order valence-electron chi connectivity index (χ4n) is 2.74. The van der Waals surface area contributed by atoms with Crippen molar-refractivity contribution in [2.24, 2.45) is 0 Å². The zero-order valence-corrected chi connectivity index (χ0v) is 17.8. The third-order valence-electron chi connectivity index (χ3n) is 4.19. The number of halogens is 3. The van der Waals surface area contributed by atoms with Gasteiger partial charge in [0.25, 0.3) is 5.91 Å². The molecule has 2 aromatic rings. The Labute approximate surface area is 183 Å². The Morgan fingerprint density at radius 2 is 1.72 bits per heavy atom. The van der Waals surface area contributed by atoms with Crippen LogP contribution in [0.15, 0.2) is 30.3 Å². The highest BCUT2D eigenvalue weighted by molar-refractivity contribution is 6.42. The van der Waals surface area contributed by atoms with Gasteiger partial charge in [-0.05, 0) is 35.4 Å².